The van der Waals surface area contributed by atoms with E-state index in [4.69, 9.17) is 11.6 Å². The molecule has 124 valence electrons. The van der Waals surface area contributed by atoms with E-state index >= 15 is 0 Å². The Labute approximate surface area is 150 Å². The second-order valence-corrected chi connectivity index (χ2v) is 7.60. The van der Waals surface area contributed by atoms with Gasteiger partial charge in [-0.25, -0.2) is 0 Å². The highest BCUT2D eigenvalue weighted by atomic mass is 35.5. The molecule has 24 heavy (non-hydrogen) atoms. The van der Waals surface area contributed by atoms with E-state index in [1.54, 1.807) is 24.3 Å². The lowest BCUT2D eigenvalue weighted by Gasteiger charge is -2.05. The van der Waals surface area contributed by atoms with E-state index in [9.17, 15) is 13.6 Å². The first kappa shape index (κ1) is 17.2. The second kappa shape index (κ2) is 7.09. The van der Waals surface area contributed by atoms with Gasteiger partial charge in [-0.2, -0.15) is 8.78 Å². The fourth-order valence-corrected chi connectivity index (χ4v) is 4.24. The summed E-state index contributed by atoms with van der Waals surface area (Å²) >= 11 is 8.11. The zero-order valence-corrected chi connectivity index (χ0v) is 14.9. The average molecular weight is 384 g/mol. The fourth-order valence-electron chi connectivity index (χ4n) is 2.23. The number of anilines is 1. The van der Waals surface area contributed by atoms with Crippen LogP contribution in [0, 0.1) is 6.92 Å². The molecule has 1 aromatic heterocycles. The molecule has 7 heteroatoms. The molecule has 0 spiro atoms. The van der Waals surface area contributed by atoms with E-state index in [0.717, 1.165) is 15.6 Å². The summed E-state index contributed by atoms with van der Waals surface area (Å²) in [6.45, 7) is 1.98. The van der Waals surface area contributed by atoms with Gasteiger partial charge in [-0.15, -0.1) is 11.3 Å². The van der Waals surface area contributed by atoms with Crippen molar-refractivity contribution >= 4 is 56.4 Å². The monoisotopic (exact) mass is 383 g/mol. The summed E-state index contributed by atoms with van der Waals surface area (Å²) in [4.78, 5) is 13.3. The van der Waals surface area contributed by atoms with E-state index in [2.05, 4.69) is 5.32 Å². The number of benzene rings is 2. The summed E-state index contributed by atoms with van der Waals surface area (Å²) in [6.07, 6.45) is 0. The molecule has 0 aliphatic carbocycles. The van der Waals surface area contributed by atoms with E-state index < -0.39 is 5.76 Å². The van der Waals surface area contributed by atoms with Gasteiger partial charge in [0.25, 0.3) is 11.7 Å². The number of thioether (sulfide) groups is 1. The van der Waals surface area contributed by atoms with E-state index in [1.165, 1.54) is 11.3 Å². The molecule has 0 atom stereocenters. The summed E-state index contributed by atoms with van der Waals surface area (Å²) in [7, 11) is 0. The van der Waals surface area contributed by atoms with Crippen LogP contribution in [0.5, 0.6) is 0 Å². The molecule has 3 aromatic rings. The van der Waals surface area contributed by atoms with Crippen molar-refractivity contribution in [3.8, 4) is 0 Å². The molecule has 0 bridgehead atoms. The molecule has 3 rings (SSSR count). The van der Waals surface area contributed by atoms with Gasteiger partial charge in [-0.3, -0.25) is 4.79 Å². The molecule has 1 heterocycles. The number of rotatable bonds is 4. The number of alkyl halides is 2. The smallest absolute Gasteiger partial charge is 0.288 e. The van der Waals surface area contributed by atoms with Gasteiger partial charge in [0.2, 0.25) is 0 Å². The Morgan fingerprint density at radius 3 is 2.58 bits per heavy atom. The fraction of sp³-hybridized carbons (Fsp3) is 0.118. The van der Waals surface area contributed by atoms with Crippen molar-refractivity contribution in [1.29, 1.82) is 0 Å². The standard InChI is InChI=1S/C17H12ClF2NOS2/c1-9-2-7-12-13(8-9)24-15(14(12)18)16(22)21-10-3-5-11(6-4-10)23-17(19)20/h2-8,17H,1H3,(H,21,22). The van der Waals surface area contributed by atoms with Crippen LogP contribution in [0.3, 0.4) is 0 Å². The molecule has 0 aliphatic rings. The molecule has 1 amide bonds. The molecule has 1 N–H and O–H groups in total. The van der Waals surface area contributed by atoms with Crippen LogP contribution in [0.25, 0.3) is 10.1 Å². The molecule has 2 nitrogen and oxygen atoms in total. The van der Waals surface area contributed by atoms with Crippen molar-refractivity contribution < 1.29 is 13.6 Å². The maximum Gasteiger partial charge on any atom is 0.288 e. The molecule has 0 aliphatic heterocycles. The third kappa shape index (κ3) is 3.71. The van der Waals surface area contributed by atoms with Crippen molar-refractivity contribution in [3.05, 3.63) is 57.9 Å². The third-order valence-electron chi connectivity index (χ3n) is 3.33. The predicted octanol–water partition coefficient (Wildman–Crippen LogP) is 6.43. The zero-order valence-electron chi connectivity index (χ0n) is 12.5. The Balaban J connectivity index is 1.81. The Morgan fingerprint density at radius 2 is 1.92 bits per heavy atom. The van der Waals surface area contributed by atoms with Gasteiger partial charge in [0.15, 0.2) is 0 Å². The lowest BCUT2D eigenvalue weighted by molar-refractivity contribution is 0.103. The zero-order chi connectivity index (χ0) is 17.3. The summed E-state index contributed by atoms with van der Waals surface area (Å²) in [5, 5.41) is 4.02. The van der Waals surface area contributed by atoms with Gasteiger partial charge in [0, 0.05) is 20.7 Å². The summed E-state index contributed by atoms with van der Waals surface area (Å²) in [5.41, 5.74) is 1.63. The highest BCUT2D eigenvalue weighted by Gasteiger charge is 2.17. The molecule has 0 fully saturated rings. The van der Waals surface area contributed by atoms with Gasteiger partial charge in [0.1, 0.15) is 4.88 Å². The van der Waals surface area contributed by atoms with Crippen LogP contribution < -0.4 is 5.32 Å². The molecule has 0 radical (unpaired) electrons. The number of nitrogens with one attached hydrogen (secondary N) is 1. The minimum atomic E-state index is -2.47. The van der Waals surface area contributed by atoms with Crippen molar-refractivity contribution in [3.63, 3.8) is 0 Å². The number of hydrogen-bond donors (Lipinski definition) is 1. The van der Waals surface area contributed by atoms with Crippen LogP contribution in [-0.2, 0) is 0 Å². The maximum absolute atomic E-state index is 12.4. The first-order valence-electron chi connectivity index (χ1n) is 6.99. The number of fused-ring (bicyclic) bond motifs is 1. The Hall–Kier alpha value is -1.63. The number of carbonyl (C=O) groups is 1. The summed E-state index contributed by atoms with van der Waals surface area (Å²) in [5.74, 6) is -2.78. The lowest BCUT2D eigenvalue weighted by Crippen LogP contribution is -2.10. The van der Waals surface area contributed by atoms with Crippen LogP contribution >= 0.6 is 34.7 Å². The molecule has 0 saturated carbocycles. The van der Waals surface area contributed by atoms with Crippen LogP contribution in [0.4, 0.5) is 14.5 Å². The summed E-state index contributed by atoms with van der Waals surface area (Å²) < 4.78 is 25.6. The molecule has 0 saturated heterocycles. The molecule has 2 aromatic carbocycles. The van der Waals surface area contributed by atoms with Gasteiger partial charge in [-0.05, 0) is 42.8 Å². The number of thiophene rings is 1. The minimum Gasteiger partial charge on any atom is -0.321 e. The topological polar surface area (TPSA) is 29.1 Å². The van der Waals surface area contributed by atoms with Gasteiger partial charge < -0.3 is 5.32 Å². The molecule has 0 unspecified atom stereocenters. The van der Waals surface area contributed by atoms with Crippen LogP contribution in [0.2, 0.25) is 5.02 Å². The van der Waals surface area contributed by atoms with Crippen LogP contribution in [0.15, 0.2) is 47.4 Å². The van der Waals surface area contributed by atoms with Gasteiger partial charge >= 0.3 is 0 Å². The molecular weight excluding hydrogens is 372 g/mol. The second-order valence-electron chi connectivity index (χ2n) is 5.10. The van der Waals surface area contributed by atoms with Crippen molar-refractivity contribution in [1.82, 2.24) is 0 Å². The predicted molar refractivity (Wildman–Crippen MR) is 97.8 cm³/mol. The van der Waals surface area contributed by atoms with Crippen molar-refractivity contribution in [2.45, 2.75) is 17.6 Å². The highest BCUT2D eigenvalue weighted by molar-refractivity contribution is 7.99. The minimum absolute atomic E-state index is 0.312. The van der Waals surface area contributed by atoms with Gasteiger partial charge in [0.05, 0.1) is 5.02 Å². The van der Waals surface area contributed by atoms with Gasteiger partial charge in [-0.1, -0.05) is 35.5 Å². The van der Waals surface area contributed by atoms with Crippen molar-refractivity contribution in [2.24, 2.45) is 0 Å². The lowest BCUT2D eigenvalue weighted by atomic mass is 10.2. The number of halogens is 3. The number of carbonyl (C=O) groups excluding carboxylic acids is 1. The number of aryl methyl sites for hydroxylation is 1. The van der Waals surface area contributed by atoms with Crippen LogP contribution in [0.1, 0.15) is 15.2 Å². The normalized spacial score (nSPS) is 11.2. The maximum atomic E-state index is 12.4. The Morgan fingerprint density at radius 1 is 1.21 bits per heavy atom. The van der Waals surface area contributed by atoms with E-state index in [0.29, 0.717) is 32.2 Å². The van der Waals surface area contributed by atoms with Crippen molar-refractivity contribution in [2.75, 3.05) is 5.32 Å². The SMILES string of the molecule is Cc1ccc2c(Cl)c(C(=O)Nc3ccc(SC(F)F)cc3)sc2c1. The Bertz CT molecular complexity index is 893. The Kier molecular flexibility index (Phi) is 5.08. The number of amides is 1. The quantitative estimate of drug-likeness (QED) is 0.526. The third-order valence-corrected chi connectivity index (χ3v) is 5.71. The first-order valence-corrected chi connectivity index (χ1v) is 9.06. The van der Waals surface area contributed by atoms with Crippen LogP contribution in [-0.4, -0.2) is 11.7 Å². The molecular formula is C17H12ClF2NOS2. The number of hydrogen-bond acceptors (Lipinski definition) is 3. The van der Waals surface area contributed by atoms with E-state index in [1.807, 2.05) is 25.1 Å². The largest absolute Gasteiger partial charge is 0.321 e. The van der Waals surface area contributed by atoms with E-state index in [-0.39, 0.29) is 5.91 Å². The average Bonchev–Trinajstić information content (AvgIpc) is 2.85. The highest BCUT2D eigenvalue weighted by Crippen LogP contribution is 2.36. The summed E-state index contributed by atoms with van der Waals surface area (Å²) in [6, 6.07) is 12.1. The first-order chi connectivity index (χ1) is 11.4.